The Balaban J connectivity index is 2.02. The van der Waals surface area contributed by atoms with E-state index in [1.807, 2.05) is 7.05 Å². The van der Waals surface area contributed by atoms with Gasteiger partial charge in [0.05, 0.1) is 12.0 Å². The molecule has 1 aliphatic carbocycles. The maximum atomic E-state index is 9.48. The van der Waals surface area contributed by atoms with Gasteiger partial charge in [-0.2, -0.15) is 4.98 Å². The summed E-state index contributed by atoms with van der Waals surface area (Å²) in [6, 6.07) is 2.57. The maximum absolute atomic E-state index is 9.48. The fourth-order valence-electron chi connectivity index (χ4n) is 3.13. The van der Waals surface area contributed by atoms with Crippen LogP contribution in [-0.4, -0.2) is 41.3 Å². The normalized spacial score (nSPS) is 16.3. The van der Waals surface area contributed by atoms with E-state index in [1.54, 1.807) is 11.3 Å². The number of hydrogen-bond donors (Lipinski definition) is 2. The van der Waals surface area contributed by atoms with Gasteiger partial charge in [0.2, 0.25) is 5.95 Å². The number of fused-ring (bicyclic) bond motifs is 1. The van der Waals surface area contributed by atoms with Crippen LogP contribution in [0.25, 0.3) is 10.2 Å². The Kier molecular flexibility index (Phi) is 4.55. The molecule has 0 aromatic carbocycles. The van der Waals surface area contributed by atoms with Gasteiger partial charge in [0, 0.05) is 19.6 Å². The van der Waals surface area contributed by atoms with Crippen molar-refractivity contribution in [3.8, 4) is 0 Å². The lowest BCUT2D eigenvalue weighted by Gasteiger charge is -2.35. The molecule has 5 nitrogen and oxygen atoms in total. The fourth-order valence-corrected chi connectivity index (χ4v) is 3.89. The van der Waals surface area contributed by atoms with E-state index in [-0.39, 0.29) is 6.61 Å². The second-order valence-electron chi connectivity index (χ2n) is 5.47. The van der Waals surface area contributed by atoms with Crippen LogP contribution in [0.1, 0.15) is 32.1 Å². The Labute approximate surface area is 129 Å². The van der Waals surface area contributed by atoms with Crippen LogP contribution in [0.15, 0.2) is 11.4 Å². The van der Waals surface area contributed by atoms with Gasteiger partial charge in [-0.1, -0.05) is 19.3 Å². The minimum absolute atomic E-state index is 0.154. The number of hydrogen-bond acceptors (Lipinski definition) is 6. The molecule has 0 radical (unpaired) electrons. The van der Waals surface area contributed by atoms with Crippen LogP contribution in [-0.2, 0) is 0 Å². The quantitative estimate of drug-likeness (QED) is 0.889. The van der Waals surface area contributed by atoms with Crippen molar-refractivity contribution in [1.29, 1.82) is 0 Å². The minimum Gasteiger partial charge on any atom is -0.395 e. The first kappa shape index (κ1) is 14.5. The molecule has 3 rings (SSSR count). The summed E-state index contributed by atoms with van der Waals surface area (Å²) in [6.07, 6.45) is 6.23. The molecule has 1 aliphatic rings. The number of anilines is 2. The van der Waals surface area contributed by atoms with Gasteiger partial charge in [-0.15, -0.1) is 11.3 Å². The first-order valence-corrected chi connectivity index (χ1v) is 8.52. The summed E-state index contributed by atoms with van der Waals surface area (Å²) in [5.41, 5.74) is 0. The molecule has 2 N–H and O–H groups in total. The van der Waals surface area contributed by atoms with Crippen molar-refractivity contribution < 1.29 is 5.11 Å². The molecule has 0 aliphatic heterocycles. The van der Waals surface area contributed by atoms with Crippen molar-refractivity contribution in [3.63, 3.8) is 0 Å². The number of nitrogens with one attached hydrogen (secondary N) is 1. The van der Waals surface area contributed by atoms with Crippen LogP contribution < -0.4 is 10.2 Å². The van der Waals surface area contributed by atoms with Gasteiger partial charge >= 0.3 is 0 Å². The van der Waals surface area contributed by atoms with Gasteiger partial charge in [-0.3, -0.25) is 0 Å². The molecule has 21 heavy (non-hydrogen) atoms. The van der Waals surface area contributed by atoms with Gasteiger partial charge in [0.1, 0.15) is 10.6 Å². The summed E-state index contributed by atoms with van der Waals surface area (Å²) in [4.78, 5) is 12.5. The van der Waals surface area contributed by atoms with E-state index >= 15 is 0 Å². The van der Waals surface area contributed by atoms with E-state index in [4.69, 9.17) is 0 Å². The van der Waals surface area contributed by atoms with E-state index in [0.29, 0.717) is 18.5 Å². The Morgan fingerprint density at radius 1 is 1.33 bits per heavy atom. The Morgan fingerprint density at radius 3 is 2.86 bits per heavy atom. The van der Waals surface area contributed by atoms with E-state index in [1.165, 1.54) is 32.1 Å². The third-order valence-corrected chi connectivity index (χ3v) is 4.96. The standard InChI is InChI=1S/C15H22N4OS/c1-16-15-17-13(12-7-10-21-14(12)18-15)19(8-9-20)11-5-3-2-4-6-11/h7,10-11,20H,2-6,8-9H2,1H3,(H,16,17,18). The molecule has 1 saturated carbocycles. The molecule has 0 bridgehead atoms. The lowest BCUT2D eigenvalue weighted by atomic mass is 9.94. The second kappa shape index (κ2) is 6.58. The third kappa shape index (κ3) is 2.96. The zero-order valence-corrected chi connectivity index (χ0v) is 13.2. The van der Waals surface area contributed by atoms with E-state index in [0.717, 1.165) is 16.0 Å². The molecule has 0 amide bonds. The summed E-state index contributed by atoms with van der Waals surface area (Å²) in [6.45, 7) is 0.788. The highest BCUT2D eigenvalue weighted by Crippen LogP contribution is 2.33. The highest BCUT2D eigenvalue weighted by Gasteiger charge is 2.24. The number of nitrogens with zero attached hydrogens (tertiary/aromatic N) is 3. The number of aromatic nitrogens is 2. The van der Waals surface area contributed by atoms with E-state index < -0.39 is 0 Å². The Bertz CT molecular complexity index is 594. The van der Waals surface area contributed by atoms with Crippen LogP contribution in [0.5, 0.6) is 0 Å². The number of aliphatic hydroxyl groups is 1. The topological polar surface area (TPSA) is 61.3 Å². The molecule has 2 aromatic rings. The molecular weight excluding hydrogens is 284 g/mol. The molecule has 1 fully saturated rings. The van der Waals surface area contributed by atoms with Crippen molar-refractivity contribution in [2.24, 2.45) is 0 Å². The zero-order valence-electron chi connectivity index (χ0n) is 12.4. The molecular formula is C15H22N4OS. The van der Waals surface area contributed by atoms with Gasteiger partial charge in [-0.25, -0.2) is 4.98 Å². The minimum atomic E-state index is 0.154. The number of aliphatic hydroxyl groups excluding tert-OH is 1. The van der Waals surface area contributed by atoms with Crippen molar-refractivity contribution >= 4 is 33.3 Å². The van der Waals surface area contributed by atoms with Crippen LogP contribution in [0, 0.1) is 0 Å². The number of rotatable bonds is 5. The summed E-state index contributed by atoms with van der Waals surface area (Å²) < 4.78 is 0. The summed E-state index contributed by atoms with van der Waals surface area (Å²) >= 11 is 1.63. The lowest BCUT2D eigenvalue weighted by Crippen LogP contribution is -2.39. The average Bonchev–Trinajstić information content (AvgIpc) is 3.01. The monoisotopic (exact) mass is 306 g/mol. The van der Waals surface area contributed by atoms with Gasteiger partial charge < -0.3 is 15.3 Å². The summed E-state index contributed by atoms with van der Waals surface area (Å²) in [5.74, 6) is 1.62. The molecule has 6 heteroatoms. The highest BCUT2D eigenvalue weighted by atomic mass is 32.1. The molecule has 0 spiro atoms. The van der Waals surface area contributed by atoms with E-state index in [2.05, 4.69) is 31.6 Å². The Hall–Kier alpha value is -1.40. The fraction of sp³-hybridized carbons (Fsp3) is 0.600. The van der Waals surface area contributed by atoms with Gasteiger partial charge in [-0.05, 0) is 24.3 Å². The average molecular weight is 306 g/mol. The smallest absolute Gasteiger partial charge is 0.225 e. The van der Waals surface area contributed by atoms with Crippen molar-refractivity contribution in [2.45, 2.75) is 38.1 Å². The number of thiophene rings is 1. The molecule has 114 valence electrons. The predicted molar refractivity (Wildman–Crippen MR) is 88.3 cm³/mol. The van der Waals surface area contributed by atoms with Crippen molar-refractivity contribution in [3.05, 3.63) is 11.4 Å². The Morgan fingerprint density at radius 2 is 2.14 bits per heavy atom. The van der Waals surface area contributed by atoms with Crippen LogP contribution in [0.2, 0.25) is 0 Å². The molecule has 2 heterocycles. The van der Waals surface area contributed by atoms with Crippen LogP contribution in [0.3, 0.4) is 0 Å². The first-order valence-electron chi connectivity index (χ1n) is 7.64. The highest BCUT2D eigenvalue weighted by molar-refractivity contribution is 7.16. The predicted octanol–water partition coefficient (Wildman–Crippen LogP) is 2.86. The largest absolute Gasteiger partial charge is 0.395 e. The second-order valence-corrected chi connectivity index (χ2v) is 6.36. The molecule has 0 atom stereocenters. The molecule has 0 saturated heterocycles. The van der Waals surface area contributed by atoms with Gasteiger partial charge in [0.15, 0.2) is 0 Å². The summed E-state index contributed by atoms with van der Waals surface area (Å²) in [7, 11) is 1.84. The maximum Gasteiger partial charge on any atom is 0.225 e. The van der Waals surface area contributed by atoms with Gasteiger partial charge in [0.25, 0.3) is 0 Å². The SMILES string of the molecule is CNc1nc(N(CCO)C2CCCCC2)c2ccsc2n1. The summed E-state index contributed by atoms with van der Waals surface area (Å²) in [5, 5.41) is 15.7. The third-order valence-electron chi connectivity index (χ3n) is 4.16. The zero-order chi connectivity index (χ0) is 14.7. The lowest BCUT2D eigenvalue weighted by molar-refractivity contribution is 0.289. The van der Waals surface area contributed by atoms with Crippen LogP contribution >= 0.6 is 11.3 Å². The first-order chi connectivity index (χ1) is 10.3. The van der Waals surface area contributed by atoms with Crippen molar-refractivity contribution in [2.75, 3.05) is 30.4 Å². The van der Waals surface area contributed by atoms with Crippen molar-refractivity contribution in [1.82, 2.24) is 9.97 Å². The van der Waals surface area contributed by atoms with Crippen LogP contribution in [0.4, 0.5) is 11.8 Å². The van der Waals surface area contributed by atoms with E-state index in [9.17, 15) is 5.11 Å². The molecule has 0 unspecified atom stereocenters. The molecule has 2 aromatic heterocycles.